The van der Waals surface area contributed by atoms with E-state index in [1.807, 2.05) is 73.1 Å². The van der Waals surface area contributed by atoms with Crippen LogP contribution in [0.4, 0.5) is 5.69 Å². The van der Waals surface area contributed by atoms with Gasteiger partial charge in [0.25, 0.3) is 0 Å². The van der Waals surface area contributed by atoms with Crippen molar-refractivity contribution in [1.82, 2.24) is 19.3 Å². The minimum absolute atomic E-state index is 0.0887. The zero-order chi connectivity index (χ0) is 21.8. The fourth-order valence-corrected chi connectivity index (χ4v) is 4.35. The lowest BCUT2D eigenvalue weighted by Crippen LogP contribution is -2.16. The van der Waals surface area contributed by atoms with Gasteiger partial charge in [-0.2, -0.15) is 5.10 Å². The molecule has 0 aliphatic carbocycles. The second kappa shape index (κ2) is 9.36. The quantitative estimate of drug-likeness (QED) is 0.420. The van der Waals surface area contributed by atoms with Crippen LogP contribution >= 0.6 is 11.8 Å². The number of hydrogen-bond donors (Lipinski definition) is 1. The predicted molar refractivity (Wildman–Crippen MR) is 124 cm³/mol. The molecule has 0 aliphatic rings. The van der Waals surface area contributed by atoms with E-state index in [2.05, 4.69) is 15.0 Å². The van der Waals surface area contributed by atoms with E-state index >= 15 is 0 Å². The lowest BCUT2D eigenvalue weighted by molar-refractivity contribution is -0.113. The zero-order valence-corrected chi connectivity index (χ0v) is 18.6. The first kappa shape index (κ1) is 21.1. The highest BCUT2D eigenvalue weighted by Crippen LogP contribution is 2.26. The van der Waals surface area contributed by atoms with E-state index in [1.54, 1.807) is 7.11 Å². The number of para-hydroxylation sites is 3. The Morgan fingerprint density at radius 2 is 1.84 bits per heavy atom. The molecule has 0 atom stereocenters. The fraction of sp³-hybridized carbons (Fsp3) is 0.261. The maximum atomic E-state index is 12.7. The van der Waals surface area contributed by atoms with Crippen molar-refractivity contribution < 1.29 is 9.53 Å². The van der Waals surface area contributed by atoms with E-state index in [-0.39, 0.29) is 11.7 Å². The molecular weight excluding hydrogens is 410 g/mol. The summed E-state index contributed by atoms with van der Waals surface area (Å²) in [7, 11) is 1.68. The van der Waals surface area contributed by atoms with Crippen molar-refractivity contribution in [2.24, 2.45) is 0 Å². The molecule has 160 valence electrons. The second-order valence-electron chi connectivity index (χ2n) is 7.16. The van der Waals surface area contributed by atoms with E-state index in [0.29, 0.717) is 13.2 Å². The Labute approximate surface area is 185 Å². The van der Waals surface area contributed by atoms with Gasteiger partial charge in [0.2, 0.25) is 5.91 Å². The van der Waals surface area contributed by atoms with Gasteiger partial charge in [0.05, 0.1) is 46.2 Å². The van der Waals surface area contributed by atoms with Gasteiger partial charge < -0.3 is 14.6 Å². The molecule has 31 heavy (non-hydrogen) atoms. The maximum Gasteiger partial charge on any atom is 0.234 e. The molecule has 0 fully saturated rings. The van der Waals surface area contributed by atoms with Crippen LogP contribution in [0, 0.1) is 13.8 Å². The molecule has 2 heterocycles. The molecule has 8 heteroatoms. The fourth-order valence-electron chi connectivity index (χ4n) is 3.51. The molecule has 0 unspecified atom stereocenters. The van der Waals surface area contributed by atoms with Gasteiger partial charge in [0, 0.05) is 13.7 Å². The van der Waals surface area contributed by atoms with Crippen LogP contribution in [-0.4, -0.2) is 44.7 Å². The Balaban J connectivity index is 1.49. The maximum absolute atomic E-state index is 12.7. The van der Waals surface area contributed by atoms with Crippen molar-refractivity contribution >= 4 is 34.4 Å². The second-order valence-corrected chi connectivity index (χ2v) is 8.10. The molecule has 0 aliphatic heterocycles. The van der Waals surface area contributed by atoms with Crippen molar-refractivity contribution in [3.8, 4) is 5.69 Å². The van der Waals surface area contributed by atoms with Crippen molar-refractivity contribution in [3.05, 3.63) is 66.0 Å². The summed E-state index contributed by atoms with van der Waals surface area (Å²) < 4.78 is 9.19. The highest BCUT2D eigenvalue weighted by atomic mass is 32.2. The molecular formula is C23H25N5O2S. The number of fused-ring (bicyclic) bond motifs is 1. The first-order chi connectivity index (χ1) is 15.1. The summed E-state index contributed by atoms with van der Waals surface area (Å²) >= 11 is 1.42. The standard InChI is InChI=1S/C23H25N5O2S/c1-16-22(17(2)28(26-16)18-9-5-4-6-10-18)25-21(29)15-31-23-24-19-11-7-8-12-20(19)27(23)13-14-30-3/h4-12H,13-15H2,1-3H3,(H,25,29). The van der Waals surface area contributed by atoms with E-state index in [4.69, 9.17) is 9.72 Å². The van der Waals surface area contributed by atoms with E-state index in [1.165, 1.54) is 11.8 Å². The van der Waals surface area contributed by atoms with E-state index in [9.17, 15) is 4.79 Å². The van der Waals surface area contributed by atoms with Gasteiger partial charge in [-0.1, -0.05) is 42.1 Å². The van der Waals surface area contributed by atoms with Crippen LogP contribution in [0.2, 0.25) is 0 Å². The number of aromatic nitrogens is 4. The van der Waals surface area contributed by atoms with Crippen LogP contribution in [0.3, 0.4) is 0 Å². The topological polar surface area (TPSA) is 74.0 Å². The van der Waals surface area contributed by atoms with Crippen molar-refractivity contribution in [3.63, 3.8) is 0 Å². The molecule has 4 aromatic rings. The van der Waals surface area contributed by atoms with Crippen LogP contribution in [0.5, 0.6) is 0 Å². The van der Waals surface area contributed by atoms with E-state index < -0.39 is 0 Å². The van der Waals surface area contributed by atoms with E-state index in [0.717, 1.165) is 39.0 Å². The van der Waals surface area contributed by atoms with Gasteiger partial charge in [-0.05, 0) is 38.1 Å². The molecule has 0 saturated carbocycles. The Morgan fingerprint density at radius 1 is 1.10 bits per heavy atom. The highest BCUT2D eigenvalue weighted by Gasteiger charge is 2.17. The van der Waals surface area contributed by atoms with Crippen LogP contribution < -0.4 is 5.32 Å². The third kappa shape index (κ3) is 4.50. The molecule has 0 radical (unpaired) electrons. The van der Waals surface area contributed by atoms with Crippen LogP contribution in [-0.2, 0) is 16.1 Å². The minimum atomic E-state index is -0.0887. The number of nitrogens with one attached hydrogen (secondary N) is 1. The van der Waals surface area contributed by atoms with Crippen molar-refractivity contribution in [2.75, 3.05) is 24.8 Å². The Morgan fingerprint density at radius 3 is 2.61 bits per heavy atom. The third-order valence-corrected chi connectivity index (χ3v) is 6.00. The summed E-state index contributed by atoms with van der Waals surface area (Å²) in [5.74, 6) is 0.167. The first-order valence-corrected chi connectivity index (χ1v) is 11.1. The number of nitrogens with zero attached hydrogens (tertiary/aromatic N) is 4. The SMILES string of the molecule is COCCn1c(SCC(=O)Nc2c(C)nn(-c3ccccc3)c2C)nc2ccccc21. The Hall–Kier alpha value is -3.10. The summed E-state index contributed by atoms with van der Waals surface area (Å²) in [4.78, 5) is 17.4. The average Bonchev–Trinajstić information content (AvgIpc) is 3.28. The lowest BCUT2D eigenvalue weighted by Gasteiger charge is -2.09. The number of hydrogen-bond acceptors (Lipinski definition) is 5. The largest absolute Gasteiger partial charge is 0.383 e. The molecule has 0 bridgehead atoms. The number of methoxy groups -OCH3 is 1. The minimum Gasteiger partial charge on any atom is -0.383 e. The molecule has 0 saturated heterocycles. The van der Waals surface area contributed by atoms with Gasteiger partial charge in [0.15, 0.2) is 5.16 Å². The number of imidazole rings is 1. The van der Waals surface area contributed by atoms with Crippen molar-refractivity contribution in [2.45, 2.75) is 25.5 Å². The molecule has 4 rings (SSSR count). The number of aryl methyl sites for hydroxylation is 1. The smallest absolute Gasteiger partial charge is 0.234 e. The van der Waals surface area contributed by atoms with Gasteiger partial charge in [-0.3, -0.25) is 4.79 Å². The zero-order valence-electron chi connectivity index (χ0n) is 17.8. The Kier molecular flexibility index (Phi) is 6.39. The molecule has 1 amide bonds. The molecule has 0 spiro atoms. The van der Waals surface area contributed by atoms with Crippen LogP contribution in [0.1, 0.15) is 11.4 Å². The number of carbonyl (C=O) groups is 1. The summed E-state index contributed by atoms with van der Waals surface area (Å²) in [5.41, 5.74) is 5.35. The number of rotatable bonds is 8. The van der Waals surface area contributed by atoms with Crippen molar-refractivity contribution in [1.29, 1.82) is 0 Å². The third-order valence-electron chi connectivity index (χ3n) is 5.03. The van der Waals surface area contributed by atoms with Gasteiger partial charge in [-0.25, -0.2) is 9.67 Å². The van der Waals surface area contributed by atoms with Gasteiger partial charge in [-0.15, -0.1) is 0 Å². The summed E-state index contributed by atoms with van der Waals surface area (Å²) in [6, 6.07) is 17.9. The number of anilines is 1. The number of ether oxygens (including phenoxy) is 1. The summed E-state index contributed by atoms with van der Waals surface area (Å²) in [6.45, 7) is 5.12. The lowest BCUT2D eigenvalue weighted by atomic mass is 10.3. The first-order valence-electron chi connectivity index (χ1n) is 10.1. The molecule has 2 aromatic heterocycles. The highest BCUT2D eigenvalue weighted by molar-refractivity contribution is 7.99. The monoisotopic (exact) mass is 435 g/mol. The normalized spacial score (nSPS) is 11.2. The molecule has 1 N–H and O–H groups in total. The number of carbonyl (C=O) groups excluding carboxylic acids is 1. The summed E-state index contributed by atoms with van der Waals surface area (Å²) in [6.07, 6.45) is 0. The number of thioether (sulfide) groups is 1. The van der Waals surface area contributed by atoms with Crippen LogP contribution in [0.25, 0.3) is 16.7 Å². The van der Waals surface area contributed by atoms with Crippen LogP contribution in [0.15, 0.2) is 59.8 Å². The predicted octanol–water partition coefficient (Wildman–Crippen LogP) is 4.22. The number of benzene rings is 2. The van der Waals surface area contributed by atoms with Gasteiger partial charge >= 0.3 is 0 Å². The number of amides is 1. The Bertz CT molecular complexity index is 1200. The summed E-state index contributed by atoms with van der Waals surface area (Å²) in [5, 5.41) is 8.43. The molecule has 7 nitrogen and oxygen atoms in total. The average molecular weight is 436 g/mol. The molecule has 2 aromatic carbocycles. The van der Waals surface area contributed by atoms with Gasteiger partial charge in [0.1, 0.15) is 0 Å².